The van der Waals surface area contributed by atoms with E-state index >= 15 is 0 Å². The van der Waals surface area contributed by atoms with Crippen molar-refractivity contribution >= 4 is 11.6 Å². The third-order valence-electron chi connectivity index (χ3n) is 5.34. The van der Waals surface area contributed by atoms with Gasteiger partial charge in [0.05, 0.1) is 23.1 Å². The number of carbonyl (C=O) groups is 1. The van der Waals surface area contributed by atoms with Crippen LogP contribution < -0.4 is 5.73 Å². The molecule has 3 rings (SSSR count). The van der Waals surface area contributed by atoms with E-state index in [2.05, 4.69) is 16.8 Å². The fraction of sp³-hybridized carbons (Fsp3) is 0.647. The smallest absolute Gasteiger partial charge is 0.256 e. The molecule has 3 atom stereocenters. The van der Waals surface area contributed by atoms with Crippen molar-refractivity contribution in [1.29, 1.82) is 0 Å². The zero-order chi connectivity index (χ0) is 15.0. The van der Waals surface area contributed by atoms with Gasteiger partial charge in [0.25, 0.3) is 5.91 Å². The van der Waals surface area contributed by atoms with Crippen LogP contribution in [0.2, 0.25) is 0 Å². The molecule has 1 saturated heterocycles. The van der Waals surface area contributed by atoms with Crippen LogP contribution in [0.5, 0.6) is 0 Å². The van der Waals surface area contributed by atoms with Gasteiger partial charge in [0, 0.05) is 12.6 Å². The average molecular weight is 287 g/mol. The Morgan fingerprint density at radius 1 is 1.33 bits per heavy atom. The summed E-state index contributed by atoms with van der Waals surface area (Å²) in [6.07, 6.45) is 7.70. The van der Waals surface area contributed by atoms with Crippen molar-refractivity contribution in [2.24, 2.45) is 11.8 Å². The van der Waals surface area contributed by atoms with E-state index in [-0.39, 0.29) is 5.91 Å². The Morgan fingerprint density at radius 2 is 2.10 bits per heavy atom. The highest BCUT2D eigenvalue weighted by molar-refractivity contribution is 5.96. The van der Waals surface area contributed by atoms with Gasteiger partial charge in [0.15, 0.2) is 0 Å². The fourth-order valence-electron chi connectivity index (χ4n) is 4.09. The standard InChI is InChI=1S/C17H25N3O/c1-11-7-8-20(16-6-4-3-5-14(11)16)17(21)15-9-13(18)10-19-12(15)2/h9-11,14,16H,3-8,18H2,1-2H3. The molecule has 1 amide bonds. The van der Waals surface area contributed by atoms with E-state index < -0.39 is 0 Å². The van der Waals surface area contributed by atoms with Gasteiger partial charge in [-0.1, -0.05) is 19.8 Å². The molecule has 21 heavy (non-hydrogen) atoms. The molecule has 1 aromatic rings. The number of nitrogens with zero attached hydrogens (tertiary/aromatic N) is 2. The lowest BCUT2D eigenvalue weighted by molar-refractivity contribution is 0.0217. The highest BCUT2D eigenvalue weighted by Gasteiger charge is 2.39. The first-order valence-electron chi connectivity index (χ1n) is 8.11. The summed E-state index contributed by atoms with van der Waals surface area (Å²) in [5.41, 5.74) is 7.83. The van der Waals surface area contributed by atoms with Gasteiger partial charge in [-0.05, 0) is 44.1 Å². The molecule has 1 saturated carbocycles. The molecule has 114 valence electrons. The van der Waals surface area contributed by atoms with Crippen molar-refractivity contribution in [3.8, 4) is 0 Å². The van der Waals surface area contributed by atoms with Crippen molar-refractivity contribution < 1.29 is 4.79 Å². The average Bonchev–Trinajstić information content (AvgIpc) is 2.50. The van der Waals surface area contributed by atoms with Crippen molar-refractivity contribution in [1.82, 2.24) is 9.88 Å². The number of pyridine rings is 1. The van der Waals surface area contributed by atoms with Crippen LogP contribution in [0.3, 0.4) is 0 Å². The summed E-state index contributed by atoms with van der Waals surface area (Å²) in [6, 6.07) is 2.19. The summed E-state index contributed by atoms with van der Waals surface area (Å²) < 4.78 is 0. The molecule has 2 aliphatic rings. The highest BCUT2D eigenvalue weighted by Crippen LogP contribution is 2.39. The topological polar surface area (TPSA) is 59.2 Å². The Morgan fingerprint density at radius 3 is 2.90 bits per heavy atom. The first-order chi connectivity index (χ1) is 10.1. The van der Waals surface area contributed by atoms with E-state index in [0.29, 0.717) is 23.2 Å². The largest absolute Gasteiger partial charge is 0.397 e. The third-order valence-corrected chi connectivity index (χ3v) is 5.34. The number of rotatable bonds is 1. The molecule has 4 heteroatoms. The van der Waals surface area contributed by atoms with Crippen molar-refractivity contribution in [3.63, 3.8) is 0 Å². The highest BCUT2D eigenvalue weighted by atomic mass is 16.2. The zero-order valence-corrected chi connectivity index (χ0v) is 13.0. The number of hydrogen-bond acceptors (Lipinski definition) is 3. The Bertz CT molecular complexity index is 543. The summed E-state index contributed by atoms with van der Waals surface area (Å²) >= 11 is 0. The normalized spacial score (nSPS) is 29.0. The number of aryl methyl sites for hydroxylation is 1. The summed E-state index contributed by atoms with van der Waals surface area (Å²) in [7, 11) is 0. The molecule has 2 N–H and O–H groups in total. The second kappa shape index (κ2) is 5.66. The van der Waals surface area contributed by atoms with Crippen LogP contribution in [0, 0.1) is 18.8 Å². The Labute approximate surface area is 126 Å². The summed E-state index contributed by atoms with van der Waals surface area (Å²) in [5, 5.41) is 0. The third kappa shape index (κ3) is 2.63. The minimum Gasteiger partial charge on any atom is -0.397 e. The minimum absolute atomic E-state index is 0.121. The molecule has 0 spiro atoms. The molecule has 2 fully saturated rings. The first-order valence-corrected chi connectivity index (χ1v) is 8.11. The summed E-state index contributed by atoms with van der Waals surface area (Å²) in [6.45, 7) is 5.10. The molecule has 0 bridgehead atoms. The summed E-state index contributed by atoms with van der Waals surface area (Å²) in [4.78, 5) is 19.3. The van der Waals surface area contributed by atoms with Gasteiger partial charge in [-0.25, -0.2) is 0 Å². The van der Waals surface area contributed by atoms with Crippen molar-refractivity contribution in [2.45, 2.75) is 52.0 Å². The van der Waals surface area contributed by atoms with Crippen LogP contribution in [-0.2, 0) is 0 Å². The van der Waals surface area contributed by atoms with Crippen LogP contribution in [-0.4, -0.2) is 28.4 Å². The quantitative estimate of drug-likeness (QED) is 0.863. The second-order valence-electron chi connectivity index (χ2n) is 6.68. The number of nitrogens with two attached hydrogens (primary N) is 1. The number of fused-ring (bicyclic) bond motifs is 1. The molecule has 2 heterocycles. The predicted octanol–water partition coefficient (Wildman–Crippen LogP) is 3.01. The maximum atomic E-state index is 13.0. The van der Waals surface area contributed by atoms with Gasteiger partial charge in [-0.3, -0.25) is 9.78 Å². The van der Waals surface area contributed by atoms with Crippen molar-refractivity contribution in [2.75, 3.05) is 12.3 Å². The van der Waals surface area contributed by atoms with E-state index in [4.69, 9.17) is 5.73 Å². The number of anilines is 1. The van der Waals surface area contributed by atoms with Gasteiger partial charge < -0.3 is 10.6 Å². The lowest BCUT2D eigenvalue weighted by atomic mass is 9.72. The first kappa shape index (κ1) is 14.4. The number of hydrogen-bond donors (Lipinski definition) is 1. The Kier molecular flexibility index (Phi) is 3.87. The van der Waals surface area contributed by atoms with Crippen LogP contribution in [0.15, 0.2) is 12.3 Å². The lowest BCUT2D eigenvalue weighted by Crippen LogP contribution is -2.52. The van der Waals surface area contributed by atoms with Crippen LogP contribution in [0.1, 0.15) is 55.1 Å². The lowest BCUT2D eigenvalue weighted by Gasteiger charge is -2.47. The van der Waals surface area contributed by atoms with Gasteiger partial charge in [0.2, 0.25) is 0 Å². The number of nitrogen functional groups attached to an aromatic ring is 1. The fourth-order valence-corrected chi connectivity index (χ4v) is 4.09. The van der Waals surface area contributed by atoms with Gasteiger partial charge >= 0.3 is 0 Å². The predicted molar refractivity (Wildman–Crippen MR) is 83.9 cm³/mol. The van der Waals surface area contributed by atoms with E-state index in [1.807, 2.05) is 6.92 Å². The van der Waals surface area contributed by atoms with E-state index in [1.54, 1.807) is 12.3 Å². The number of likely N-dealkylation sites (tertiary alicyclic amines) is 1. The van der Waals surface area contributed by atoms with Gasteiger partial charge in [-0.2, -0.15) is 0 Å². The van der Waals surface area contributed by atoms with Crippen LogP contribution in [0.4, 0.5) is 5.69 Å². The number of carbonyl (C=O) groups excluding carboxylic acids is 1. The monoisotopic (exact) mass is 287 g/mol. The number of aromatic nitrogens is 1. The van der Waals surface area contributed by atoms with Crippen LogP contribution >= 0.6 is 0 Å². The summed E-state index contributed by atoms with van der Waals surface area (Å²) in [5.74, 6) is 1.53. The molecule has 0 radical (unpaired) electrons. The van der Waals surface area contributed by atoms with E-state index in [0.717, 1.165) is 31.0 Å². The van der Waals surface area contributed by atoms with Crippen molar-refractivity contribution in [3.05, 3.63) is 23.5 Å². The SMILES string of the molecule is Cc1ncc(N)cc1C(=O)N1CCC(C)C2CCCCC21. The van der Waals surface area contributed by atoms with Gasteiger partial charge in [0.1, 0.15) is 0 Å². The molecule has 4 nitrogen and oxygen atoms in total. The maximum absolute atomic E-state index is 13.0. The molecule has 1 aliphatic carbocycles. The number of amides is 1. The number of piperidine rings is 1. The van der Waals surface area contributed by atoms with Crippen LogP contribution in [0.25, 0.3) is 0 Å². The molecule has 1 aliphatic heterocycles. The molecule has 1 aromatic heterocycles. The molecular formula is C17H25N3O. The minimum atomic E-state index is 0.121. The molecule has 0 aromatic carbocycles. The molecular weight excluding hydrogens is 262 g/mol. The Balaban J connectivity index is 1.88. The zero-order valence-electron chi connectivity index (χ0n) is 13.0. The molecule has 3 unspecified atom stereocenters. The van der Waals surface area contributed by atoms with E-state index in [1.165, 1.54) is 19.3 Å². The Hall–Kier alpha value is -1.58. The second-order valence-corrected chi connectivity index (χ2v) is 6.68. The maximum Gasteiger partial charge on any atom is 0.256 e. The van der Waals surface area contributed by atoms with Gasteiger partial charge in [-0.15, -0.1) is 0 Å². The van der Waals surface area contributed by atoms with E-state index in [9.17, 15) is 4.79 Å².